The predicted molar refractivity (Wildman–Crippen MR) is 81.3 cm³/mol. The van der Waals surface area contributed by atoms with Gasteiger partial charge in [-0.15, -0.1) is 0 Å². The summed E-state index contributed by atoms with van der Waals surface area (Å²) in [6.45, 7) is 0.481. The fraction of sp³-hybridized carbons (Fsp3) is 0.188. The Labute approximate surface area is 126 Å². The lowest BCUT2D eigenvalue weighted by Crippen LogP contribution is -2.25. The second kappa shape index (κ2) is 7.78. The van der Waals surface area contributed by atoms with Crippen LogP contribution in [0.3, 0.4) is 0 Å². The molecule has 0 atom stereocenters. The van der Waals surface area contributed by atoms with Crippen LogP contribution >= 0.6 is 11.8 Å². The van der Waals surface area contributed by atoms with Crippen molar-refractivity contribution in [2.24, 2.45) is 0 Å². The van der Waals surface area contributed by atoms with Crippen LogP contribution in [-0.4, -0.2) is 18.2 Å². The molecule has 21 heavy (non-hydrogen) atoms. The van der Waals surface area contributed by atoms with E-state index in [9.17, 15) is 13.6 Å². The van der Waals surface area contributed by atoms with Crippen LogP contribution in [0.2, 0.25) is 0 Å². The van der Waals surface area contributed by atoms with Gasteiger partial charge in [-0.2, -0.15) is 11.8 Å². The summed E-state index contributed by atoms with van der Waals surface area (Å²) < 4.78 is 26.1. The Balaban J connectivity index is 1.69. The van der Waals surface area contributed by atoms with Crippen molar-refractivity contribution in [1.82, 2.24) is 5.32 Å². The maximum atomic E-state index is 13.4. The summed E-state index contributed by atoms with van der Waals surface area (Å²) in [7, 11) is 0. The zero-order valence-electron chi connectivity index (χ0n) is 11.3. The van der Waals surface area contributed by atoms with Gasteiger partial charge >= 0.3 is 0 Å². The number of thioether (sulfide) groups is 1. The third kappa shape index (κ3) is 4.86. The first-order chi connectivity index (χ1) is 10.2. The summed E-state index contributed by atoms with van der Waals surface area (Å²) >= 11 is 1.55. The van der Waals surface area contributed by atoms with E-state index in [0.717, 1.165) is 0 Å². The third-order valence-electron chi connectivity index (χ3n) is 2.85. The van der Waals surface area contributed by atoms with Gasteiger partial charge in [0.1, 0.15) is 11.6 Å². The largest absolute Gasteiger partial charge is 0.351 e. The van der Waals surface area contributed by atoms with Gasteiger partial charge in [-0.25, -0.2) is 8.78 Å². The van der Waals surface area contributed by atoms with Crippen molar-refractivity contribution in [1.29, 1.82) is 0 Å². The van der Waals surface area contributed by atoms with Crippen LogP contribution < -0.4 is 5.32 Å². The van der Waals surface area contributed by atoms with E-state index in [2.05, 4.69) is 5.32 Å². The van der Waals surface area contributed by atoms with E-state index in [1.807, 2.05) is 0 Å². The van der Waals surface area contributed by atoms with Crippen LogP contribution in [-0.2, 0) is 5.75 Å². The fourth-order valence-electron chi connectivity index (χ4n) is 1.74. The van der Waals surface area contributed by atoms with E-state index in [-0.39, 0.29) is 17.5 Å². The van der Waals surface area contributed by atoms with E-state index in [0.29, 0.717) is 29.2 Å². The van der Waals surface area contributed by atoms with Crippen LogP contribution in [0.5, 0.6) is 0 Å². The zero-order chi connectivity index (χ0) is 15.1. The number of amides is 1. The summed E-state index contributed by atoms with van der Waals surface area (Å²) in [5.41, 5.74) is 1.09. The first-order valence-electron chi connectivity index (χ1n) is 6.52. The highest BCUT2D eigenvalue weighted by atomic mass is 32.2. The maximum Gasteiger partial charge on any atom is 0.251 e. The smallest absolute Gasteiger partial charge is 0.251 e. The SMILES string of the molecule is O=C(NCCSCc1ccccc1F)c1ccc(F)cc1. The zero-order valence-corrected chi connectivity index (χ0v) is 12.1. The Morgan fingerprint density at radius 1 is 1.05 bits per heavy atom. The van der Waals surface area contributed by atoms with Crippen molar-refractivity contribution in [2.45, 2.75) is 5.75 Å². The van der Waals surface area contributed by atoms with E-state index in [4.69, 9.17) is 0 Å². The molecular formula is C16H15F2NOS. The molecule has 0 aliphatic carbocycles. The Hall–Kier alpha value is -1.88. The minimum atomic E-state index is -0.369. The van der Waals surface area contributed by atoms with Gasteiger partial charge in [-0.3, -0.25) is 4.79 Å². The fourth-order valence-corrected chi connectivity index (χ4v) is 2.58. The van der Waals surface area contributed by atoms with Gasteiger partial charge in [0.15, 0.2) is 0 Å². The van der Waals surface area contributed by atoms with Crippen LogP contribution in [0.1, 0.15) is 15.9 Å². The van der Waals surface area contributed by atoms with Gasteiger partial charge in [0.25, 0.3) is 5.91 Å². The average molecular weight is 307 g/mol. The molecule has 0 heterocycles. The van der Waals surface area contributed by atoms with Gasteiger partial charge in [0.05, 0.1) is 0 Å². The molecule has 0 aliphatic heterocycles. The van der Waals surface area contributed by atoms with Gasteiger partial charge in [0, 0.05) is 23.6 Å². The molecule has 0 radical (unpaired) electrons. The van der Waals surface area contributed by atoms with Gasteiger partial charge in [0.2, 0.25) is 0 Å². The van der Waals surface area contributed by atoms with E-state index in [1.165, 1.54) is 30.3 Å². The molecule has 0 unspecified atom stereocenters. The first-order valence-corrected chi connectivity index (χ1v) is 7.67. The number of hydrogen-bond acceptors (Lipinski definition) is 2. The molecule has 1 N–H and O–H groups in total. The van der Waals surface area contributed by atoms with Crippen molar-refractivity contribution in [3.05, 3.63) is 71.3 Å². The van der Waals surface area contributed by atoms with Crippen molar-refractivity contribution in [3.8, 4) is 0 Å². The maximum absolute atomic E-state index is 13.4. The molecule has 2 rings (SSSR count). The second-order valence-electron chi connectivity index (χ2n) is 4.41. The highest BCUT2D eigenvalue weighted by Gasteiger charge is 2.05. The third-order valence-corrected chi connectivity index (χ3v) is 3.86. The Morgan fingerprint density at radius 3 is 2.48 bits per heavy atom. The Bertz CT molecular complexity index is 601. The molecule has 2 aromatic carbocycles. The summed E-state index contributed by atoms with van der Waals surface area (Å²) in [5.74, 6) is 0.439. The number of halogens is 2. The topological polar surface area (TPSA) is 29.1 Å². The van der Waals surface area contributed by atoms with Gasteiger partial charge < -0.3 is 5.32 Å². The summed E-state index contributed by atoms with van der Waals surface area (Å²) in [5, 5.41) is 2.74. The molecule has 0 aromatic heterocycles. The molecule has 0 bridgehead atoms. The van der Waals surface area contributed by atoms with Gasteiger partial charge in [-0.05, 0) is 35.9 Å². The Morgan fingerprint density at radius 2 is 1.76 bits per heavy atom. The molecule has 5 heteroatoms. The van der Waals surface area contributed by atoms with Crippen molar-refractivity contribution < 1.29 is 13.6 Å². The lowest BCUT2D eigenvalue weighted by molar-refractivity contribution is 0.0956. The van der Waals surface area contributed by atoms with Crippen LogP contribution in [0, 0.1) is 11.6 Å². The van der Waals surface area contributed by atoms with Crippen LogP contribution in [0.25, 0.3) is 0 Å². The molecule has 0 fully saturated rings. The number of nitrogens with one attached hydrogen (secondary N) is 1. The predicted octanol–water partition coefficient (Wildman–Crippen LogP) is 3.63. The monoisotopic (exact) mass is 307 g/mol. The van der Waals surface area contributed by atoms with Crippen LogP contribution in [0.15, 0.2) is 48.5 Å². The molecule has 2 aromatic rings. The number of carbonyl (C=O) groups excluding carboxylic acids is 1. The lowest BCUT2D eigenvalue weighted by Gasteiger charge is -2.06. The van der Waals surface area contributed by atoms with E-state index >= 15 is 0 Å². The number of hydrogen-bond donors (Lipinski definition) is 1. The molecule has 2 nitrogen and oxygen atoms in total. The van der Waals surface area contributed by atoms with E-state index < -0.39 is 0 Å². The number of rotatable bonds is 6. The Kier molecular flexibility index (Phi) is 5.75. The molecular weight excluding hydrogens is 292 g/mol. The van der Waals surface area contributed by atoms with Crippen molar-refractivity contribution >= 4 is 17.7 Å². The van der Waals surface area contributed by atoms with Crippen molar-refractivity contribution in [2.75, 3.05) is 12.3 Å². The quantitative estimate of drug-likeness (QED) is 0.826. The summed E-state index contributed by atoms with van der Waals surface area (Å²) in [6, 6.07) is 12.0. The molecule has 0 saturated carbocycles. The van der Waals surface area contributed by atoms with Crippen LogP contribution in [0.4, 0.5) is 8.78 Å². The molecule has 110 valence electrons. The normalized spacial score (nSPS) is 10.4. The standard InChI is InChI=1S/C16H15F2NOS/c17-14-7-5-12(6-8-14)16(20)19-9-10-21-11-13-3-1-2-4-15(13)18/h1-8H,9-11H2,(H,19,20). The highest BCUT2D eigenvalue weighted by molar-refractivity contribution is 7.98. The summed E-state index contributed by atoms with van der Waals surface area (Å²) in [4.78, 5) is 11.7. The highest BCUT2D eigenvalue weighted by Crippen LogP contribution is 2.14. The minimum Gasteiger partial charge on any atom is -0.351 e. The van der Waals surface area contributed by atoms with Gasteiger partial charge in [-0.1, -0.05) is 18.2 Å². The first kappa shape index (κ1) is 15.5. The van der Waals surface area contributed by atoms with E-state index in [1.54, 1.807) is 30.0 Å². The number of benzene rings is 2. The average Bonchev–Trinajstić information content (AvgIpc) is 2.49. The van der Waals surface area contributed by atoms with Crippen molar-refractivity contribution in [3.63, 3.8) is 0 Å². The molecule has 1 amide bonds. The lowest BCUT2D eigenvalue weighted by atomic mass is 10.2. The number of carbonyl (C=O) groups is 1. The summed E-state index contributed by atoms with van der Waals surface area (Å²) in [6.07, 6.45) is 0. The molecule has 0 spiro atoms. The molecule has 0 saturated heterocycles. The molecule has 0 aliphatic rings. The minimum absolute atomic E-state index is 0.208. The second-order valence-corrected chi connectivity index (χ2v) is 5.51.